The first-order valence-corrected chi connectivity index (χ1v) is 7.77. The molecule has 8 nitrogen and oxygen atoms in total. The van der Waals surface area contributed by atoms with Gasteiger partial charge in [0.15, 0.2) is 5.82 Å². The van der Waals surface area contributed by atoms with Crippen LogP contribution in [0.5, 0.6) is 0 Å². The molecule has 1 aromatic heterocycles. The number of anilines is 1. The SMILES string of the molecule is Nc1cccc(-c2nnnn2-c2ccc(S(N)(=O)=O)cc2)c1. The molecule has 0 aliphatic rings. The van der Waals surface area contributed by atoms with Gasteiger partial charge < -0.3 is 5.73 Å². The normalized spacial score (nSPS) is 11.5. The highest BCUT2D eigenvalue weighted by atomic mass is 32.2. The summed E-state index contributed by atoms with van der Waals surface area (Å²) in [5.41, 5.74) is 7.71. The maximum atomic E-state index is 11.3. The smallest absolute Gasteiger partial charge is 0.238 e. The van der Waals surface area contributed by atoms with Crippen LogP contribution in [0.3, 0.4) is 0 Å². The highest BCUT2D eigenvalue weighted by Gasteiger charge is 2.12. The molecule has 0 radical (unpaired) electrons. The predicted molar refractivity (Wildman–Crippen MR) is 80.4 cm³/mol. The van der Waals surface area contributed by atoms with E-state index >= 15 is 0 Å². The third kappa shape index (κ3) is 2.67. The summed E-state index contributed by atoms with van der Waals surface area (Å²) in [6.07, 6.45) is 0. The van der Waals surface area contributed by atoms with E-state index in [-0.39, 0.29) is 4.90 Å². The minimum Gasteiger partial charge on any atom is -0.399 e. The zero-order valence-electron chi connectivity index (χ0n) is 11.3. The Morgan fingerprint density at radius 1 is 1.05 bits per heavy atom. The van der Waals surface area contributed by atoms with Crippen molar-refractivity contribution in [2.45, 2.75) is 4.90 Å². The Bertz CT molecular complexity index is 918. The van der Waals surface area contributed by atoms with Crippen LogP contribution in [-0.4, -0.2) is 28.6 Å². The summed E-state index contributed by atoms with van der Waals surface area (Å²) in [4.78, 5) is 0.0230. The fourth-order valence-corrected chi connectivity index (χ4v) is 2.51. The minimum absolute atomic E-state index is 0.0230. The molecular weight excluding hydrogens is 304 g/mol. The molecule has 4 N–H and O–H groups in total. The molecule has 0 atom stereocenters. The molecule has 0 fully saturated rings. The molecule has 1 heterocycles. The van der Waals surface area contributed by atoms with Gasteiger partial charge in [0.25, 0.3) is 0 Å². The van der Waals surface area contributed by atoms with Gasteiger partial charge in [-0.15, -0.1) is 5.10 Å². The molecule has 0 unspecified atom stereocenters. The van der Waals surface area contributed by atoms with Crippen LogP contribution in [0.4, 0.5) is 5.69 Å². The number of rotatable bonds is 3. The standard InChI is InChI=1S/C13H12N6O2S/c14-10-3-1-2-9(8-10)13-16-17-18-19(13)11-4-6-12(7-5-11)22(15,20)21/h1-8H,14H2,(H2,15,20,21). The van der Waals surface area contributed by atoms with Gasteiger partial charge >= 0.3 is 0 Å². The van der Waals surface area contributed by atoms with Crippen LogP contribution in [0.15, 0.2) is 53.4 Å². The molecular formula is C13H12N6O2S. The van der Waals surface area contributed by atoms with Crippen molar-refractivity contribution in [2.24, 2.45) is 5.14 Å². The monoisotopic (exact) mass is 316 g/mol. The van der Waals surface area contributed by atoms with Gasteiger partial charge in [-0.1, -0.05) is 12.1 Å². The molecule has 22 heavy (non-hydrogen) atoms. The van der Waals surface area contributed by atoms with Crippen molar-refractivity contribution >= 4 is 15.7 Å². The maximum absolute atomic E-state index is 11.3. The van der Waals surface area contributed by atoms with Gasteiger partial charge in [-0.05, 0) is 46.8 Å². The van der Waals surface area contributed by atoms with Gasteiger partial charge in [0.2, 0.25) is 10.0 Å². The number of hydrogen-bond acceptors (Lipinski definition) is 6. The number of tetrazole rings is 1. The molecule has 0 saturated carbocycles. The van der Waals surface area contributed by atoms with Crippen molar-refractivity contribution < 1.29 is 8.42 Å². The second-order valence-electron chi connectivity index (χ2n) is 4.58. The molecule has 3 rings (SSSR count). The van der Waals surface area contributed by atoms with Crippen LogP contribution in [0.1, 0.15) is 0 Å². The molecule has 0 bridgehead atoms. The fraction of sp³-hybridized carbons (Fsp3) is 0. The number of aromatic nitrogens is 4. The molecule has 112 valence electrons. The maximum Gasteiger partial charge on any atom is 0.238 e. The summed E-state index contributed by atoms with van der Waals surface area (Å²) in [7, 11) is -3.73. The Morgan fingerprint density at radius 3 is 2.41 bits per heavy atom. The molecule has 0 amide bonds. The van der Waals surface area contributed by atoms with Crippen molar-refractivity contribution in [3.8, 4) is 17.1 Å². The lowest BCUT2D eigenvalue weighted by atomic mass is 10.2. The van der Waals surface area contributed by atoms with Crippen LogP contribution in [0.25, 0.3) is 17.1 Å². The molecule has 0 spiro atoms. The summed E-state index contributed by atoms with van der Waals surface area (Å²) in [5.74, 6) is 0.496. The second-order valence-corrected chi connectivity index (χ2v) is 6.14. The quantitative estimate of drug-likeness (QED) is 0.679. The Labute approximate surface area is 126 Å². The van der Waals surface area contributed by atoms with E-state index in [0.29, 0.717) is 17.2 Å². The number of nitrogen functional groups attached to an aromatic ring is 1. The van der Waals surface area contributed by atoms with E-state index in [4.69, 9.17) is 10.9 Å². The summed E-state index contributed by atoms with van der Waals surface area (Å²) >= 11 is 0. The fourth-order valence-electron chi connectivity index (χ4n) is 2.00. The highest BCUT2D eigenvalue weighted by Crippen LogP contribution is 2.21. The first-order valence-electron chi connectivity index (χ1n) is 6.23. The van der Waals surface area contributed by atoms with Crippen molar-refractivity contribution in [3.63, 3.8) is 0 Å². The zero-order valence-corrected chi connectivity index (χ0v) is 12.1. The topological polar surface area (TPSA) is 130 Å². The number of hydrogen-bond donors (Lipinski definition) is 2. The molecule has 0 aliphatic carbocycles. The van der Waals surface area contributed by atoms with Gasteiger partial charge in [0.05, 0.1) is 10.6 Å². The second kappa shape index (κ2) is 5.20. The van der Waals surface area contributed by atoms with Crippen LogP contribution in [-0.2, 0) is 10.0 Å². The van der Waals surface area contributed by atoms with E-state index in [0.717, 1.165) is 5.56 Å². The van der Waals surface area contributed by atoms with Crippen molar-refractivity contribution in [1.29, 1.82) is 0 Å². The number of nitrogens with two attached hydrogens (primary N) is 2. The molecule has 0 aliphatic heterocycles. The van der Waals surface area contributed by atoms with E-state index in [2.05, 4.69) is 15.5 Å². The van der Waals surface area contributed by atoms with Gasteiger partial charge in [0, 0.05) is 11.3 Å². The van der Waals surface area contributed by atoms with E-state index in [1.165, 1.54) is 16.8 Å². The lowest BCUT2D eigenvalue weighted by Crippen LogP contribution is -2.12. The Morgan fingerprint density at radius 2 is 1.77 bits per heavy atom. The Hall–Kier alpha value is -2.78. The first kappa shape index (κ1) is 14.2. The summed E-state index contributed by atoms with van der Waals surface area (Å²) in [5, 5.41) is 16.6. The van der Waals surface area contributed by atoms with Gasteiger partial charge in [-0.2, -0.15) is 4.68 Å². The Balaban J connectivity index is 2.06. The Kier molecular flexibility index (Phi) is 3.35. The molecule has 0 saturated heterocycles. The summed E-state index contributed by atoms with van der Waals surface area (Å²) in [6, 6.07) is 13.1. The van der Waals surface area contributed by atoms with Gasteiger partial charge in [-0.3, -0.25) is 0 Å². The van der Waals surface area contributed by atoms with Crippen molar-refractivity contribution in [3.05, 3.63) is 48.5 Å². The van der Waals surface area contributed by atoms with E-state index < -0.39 is 10.0 Å². The number of nitrogens with zero attached hydrogens (tertiary/aromatic N) is 4. The zero-order chi connectivity index (χ0) is 15.7. The molecule has 9 heteroatoms. The summed E-state index contributed by atoms with van der Waals surface area (Å²) in [6.45, 7) is 0. The van der Waals surface area contributed by atoms with E-state index in [9.17, 15) is 8.42 Å². The van der Waals surface area contributed by atoms with Crippen LogP contribution >= 0.6 is 0 Å². The molecule has 3 aromatic rings. The van der Waals surface area contributed by atoms with Gasteiger partial charge in [-0.25, -0.2) is 13.6 Å². The lowest BCUT2D eigenvalue weighted by Gasteiger charge is -2.06. The van der Waals surface area contributed by atoms with Crippen LogP contribution in [0.2, 0.25) is 0 Å². The van der Waals surface area contributed by atoms with Gasteiger partial charge in [0.1, 0.15) is 0 Å². The number of primary sulfonamides is 1. The lowest BCUT2D eigenvalue weighted by molar-refractivity contribution is 0.598. The third-order valence-corrected chi connectivity index (χ3v) is 3.95. The average Bonchev–Trinajstić information content (AvgIpc) is 2.96. The highest BCUT2D eigenvalue weighted by molar-refractivity contribution is 7.89. The van der Waals surface area contributed by atoms with Crippen molar-refractivity contribution in [2.75, 3.05) is 5.73 Å². The first-order chi connectivity index (χ1) is 10.4. The molecule has 2 aromatic carbocycles. The average molecular weight is 316 g/mol. The summed E-state index contributed by atoms with van der Waals surface area (Å²) < 4.78 is 24.0. The number of benzene rings is 2. The number of sulfonamides is 1. The predicted octanol–water partition coefficient (Wildman–Crippen LogP) is 0.559. The van der Waals surface area contributed by atoms with Crippen molar-refractivity contribution in [1.82, 2.24) is 20.2 Å². The van der Waals surface area contributed by atoms with Crippen LogP contribution in [0, 0.1) is 0 Å². The third-order valence-electron chi connectivity index (χ3n) is 3.02. The minimum atomic E-state index is -3.73. The largest absolute Gasteiger partial charge is 0.399 e. The van der Waals surface area contributed by atoms with E-state index in [1.54, 1.807) is 30.3 Å². The van der Waals surface area contributed by atoms with Crippen LogP contribution < -0.4 is 10.9 Å². The van der Waals surface area contributed by atoms with E-state index in [1.807, 2.05) is 6.07 Å².